The molecule has 0 saturated heterocycles. The van der Waals surface area contributed by atoms with Crippen molar-refractivity contribution in [2.75, 3.05) is 19.6 Å². The minimum Gasteiger partial charge on any atom is -0.346 e. The van der Waals surface area contributed by atoms with Gasteiger partial charge in [0, 0.05) is 43.0 Å². The van der Waals surface area contributed by atoms with Gasteiger partial charge in [-0.25, -0.2) is 4.98 Å². The number of rotatable bonds is 3. The maximum Gasteiger partial charge on any atom is 0.137 e. The van der Waals surface area contributed by atoms with Crippen LogP contribution in [0.2, 0.25) is 0 Å². The second-order valence-electron chi connectivity index (χ2n) is 6.07. The SMILES string of the molecule is C1=C(CN2CC=C(c3c[nH]c4ncccc34)CC2)CCC1. The lowest BCUT2D eigenvalue weighted by molar-refractivity contribution is 0.325. The monoisotopic (exact) mass is 279 g/mol. The van der Waals surface area contributed by atoms with Crippen LogP contribution in [-0.4, -0.2) is 34.5 Å². The number of allylic oxidation sites excluding steroid dienone is 1. The highest BCUT2D eigenvalue weighted by Crippen LogP contribution is 2.29. The number of hydrogen-bond acceptors (Lipinski definition) is 2. The van der Waals surface area contributed by atoms with Crippen LogP contribution >= 0.6 is 0 Å². The fraction of sp³-hybridized carbons (Fsp3) is 0.389. The molecule has 3 heteroatoms. The molecule has 0 radical (unpaired) electrons. The molecule has 4 rings (SSSR count). The summed E-state index contributed by atoms with van der Waals surface area (Å²) in [6, 6.07) is 4.17. The van der Waals surface area contributed by atoms with Gasteiger partial charge < -0.3 is 4.98 Å². The number of aromatic nitrogens is 2. The Bertz CT molecular complexity index is 708. The third-order valence-electron chi connectivity index (χ3n) is 4.65. The number of nitrogens with one attached hydrogen (secondary N) is 1. The summed E-state index contributed by atoms with van der Waals surface area (Å²) in [4.78, 5) is 10.2. The van der Waals surface area contributed by atoms with Crippen LogP contribution in [0.15, 0.2) is 42.3 Å². The molecule has 0 aromatic carbocycles. The number of hydrogen-bond donors (Lipinski definition) is 1. The van der Waals surface area contributed by atoms with Crippen molar-refractivity contribution in [2.45, 2.75) is 25.7 Å². The van der Waals surface area contributed by atoms with E-state index in [0.717, 1.165) is 25.2 Å². The van der Waals surface area contributed by atoms with Gasteiger partial charge in [-0.3, -0.25) is 4.90 Å². The first-order valence-corrected chi connectivity index (χ1v) is 7.92. The van der Waals surface area contributed by atoms with E-state index in [-0.39, 0.29) is 0 Å². The van der Waals surface area contributed by atoms with Crippen LogP contribution in [0, 0.1) is 0 Å². The van der Waals surface area contributed by atoms with Crippen molar-refractivity contribution in [1.29, 1.82) is 0 Å². The highest BCUT2D eigenvalue weighted by Gasteiger charge is 2.17. The predicted octanol–water partition coefficient (Wildman–Crippen LogP) is 3.76. The van der Waals surface area contributed by atoms with E-state index in [2.05, 4.69) is 39.3 Å². The van der Waals surface area contributed by atoms with Gasteiger partial charge in [0.2, 0.25) is 0 Å². The van der Waals surface area contributed by atoms with E-state index in [1.54, 1.807) is 5.57 Å². The topological polar surface area (TPSA) is 31.9 Å². The molecule has 0 fully saturated rings. The van der Waals surface area contributed by atoms with Gasteiger partial charge >= 0.3 is 0 Å². The Balaban J connectivity index is 1.51. The van der Waals surface area contributed by atoms with E-state index >= 15 is 0 Å². The molecule has 2 aliphatic rings. The molecule has 3 nitrogen and oxygen atoms in total. The largest absolute Gasteiger partial charge is 0.346 e. The number of pyridine rings is 1. The summed E-state index contributed by atoms with van der Waals surface area (Å²) in [5.41, 5.74) is 5.43. The quantitative estimate of drug-likeness (QED) is 0.867. The van der Waals surface area contributed by atoms with Crippen molar-refractivity contribution >= 4 is 16.6 Å². The van der Waals surface area contributed by atoms with Crippen molar-refractivity contribution in [3.8, 4) is 0 Å². The van der Waals surface area contributed by atoms with Gasteiger partial charge in [-0.2, -0.15) is 0 Å². The number of H-pyrrole nitrogens is 1. The summed E-state index contributed by atoms with van der Waals surface area (Å²) in [5.74, 6) is 0. The van der Waals surface area contributed by atoms with E-state index in [4.69, 9.17) is 0 Å². The molecule has 108 valence electrons. The molecule has 0 saturated carbocycles. The van der Waals surface area contributed by atoms with Crippen LogP contribution in [0.5, 0.6) is 0 Å². The lowest BCUT2D eigenvalue weighted by Gasteiger charge is -2.26. The first kappa shape index (κ1) is 12.8. The molecule has 0 spiro atoms. The second-order valence-corrected chi connectivity index (χ2v) is 6.07. The predicted molar refractivity (Wildman–Crippen MR) is 87.1 cm³/mol. The van der Waals surface area contributed by atoms with Crippen LogP contribution in [-0.2, 0) is 0 Å². The van der Waals surface area contributed by atoms with Crippen LogP contribution in [0.25, 0.3) is 16.6 Å². The normalized spacial score (nSPS) is 19.8. The number of nitrogens with zero attached hydrogens (tertiary/aromatic N) is 2. The van der Waals surface area contributed by atoms with Crippen LogP contribution in [0.1, 0.15) is 31.2 Å². The van der Waals surface area contributed by atoms with Crippen molar-refractivity contribution in [2.24, 2.45) is 0 Å². The van der Waals surface area contributed by atoms with E-state index < -0.39 is 0 Å². The molecule has 0 atom stereocenters. The fourth-order valence-corrected chi connectivity index (χ4v) is 3.49. The average molecular weight is 279 g/mol. The molecule has 1 aliphatic carbocycles. The molecular weight excluding hydrogens is 258 g/mol. The third kappa shape index (κ3) is 2.54. The first-order valence-electron chi connectivity index (χ1n) is 7.92. The summed E-state index contributed by atoms with van der Waals surface area (Å²) < 4.78 is 0. The molecule has 2 aromatic rings. The fourth-order valence-electron chi connectivity index (χ4n) is 3.49. The van der Waals surface area contributed by atoms with Gasteiger partial charge in [0.1, 0.15) is 5.65 Å². The van der Waals surface area contributed by atoms with E-state index in [9.17, 15) is 0 Å². The van der Waals surface area contributed by atoms with Crippen LogP contribution in [0.3, 0.4) is 0 Å². The zero-order valence-electron chi connectivity index (χ0n) is 12.3. The molecule has 0 bridgehead atoms. The smallest absolute Gasteiger partial charge is 0.137 e. The van der Waals surface area contributed by atoms with Crippen molar-refractivity contribution in [3.63, 3.8) is 0 Å². The second kappa shape index (κ2) is 5.49. The van der Waals surface area contributed by atoms with Crippen LogP contribution in [0.4, 0.5) is 0 Å². The lowest BCUT2D eigenvalue weighted by Crippen LogP contribution is -2.30. The summed E-state index contributed by atoms with van der Waals surface area (Å²) in [6.45, 7) is 3.40. The van der Waals surface area contributed by atoms with Gasteiger partial charge in [-0.15, -0.1) is 0 Å². The Hall–Kier alpha value is -1.87. The first-order chi connectivity index (χ1) is 10.4. The minimum absolute atomic E-state index is 0.993. The average Bonchev–Trinajstić information content (AvgIpc) is 3.17. The van der Waals surface area contributed by atoms with Crippen molar-refractivity contribution < 1.29 is 0 Å². The summed E-state index contributed by atoms with van der Waals surface area (Å²) >= 11 is 0. The molecule has 0 amide bonds. The molecule has 3 heterocycles. The summed E-state index contributed by atoms with van der Waals surface area (Å²) in [6.07, 6.45) is 13.9. The highest BCUT2D eigenvalue weighted by atomic mass is 15.1. The van der Waals surface area contributed by atoms with Gasteiger partial charge in [-0.1, -0.05) is 17.7 Å². The third-order valence-corrected chi connectivity index (χ3v) is 4.65. The van der Waals surface area contributed by atoms with Crippen LogP contribution < -0.4 is 0 Å². The van der Waals surface area contributed by atoms with Crippen molar-refractivity contribution in [3.05, 3.63) is 47.8 Å². The molecular formula is C18H21N3. The maximum atomic E-state index is 4.38. The Labute approximate surface area is 125 Å². The Morgan fingerprint density at radius 2 is 2.24 bits per heavy atom. The van der Waals surface area contributed by atoms with Gasteiger partial charge in [-0.05, 0) is 43.4 Å². The van der Waals surface area contributed by atoms with Gasteiger partial charge in [0.15, 0.2) is 0 Å². The minimum atomic E-state index is 0.993. The Kier molecular flexibility index (Phi) is 3.36. The van der Waals surface area contributed by atoms with Gasteiger partial charge in [0.05, 0.1) is 0 Å². The molecule has 0 unspecified atom stereocenters. The van der Waals surface area contributed by atoms with Gasteiger partial charge in [0.25, 0.3) is 0 Å². The zero-order chi connectivity index (χ0) is 14.1. The summed E-state index contributed by atoms with van der Waals surface area (Å²) in [7, 11) is 0. The lowest BCUT2D eigenvalue weighted by atomic mass is 9.99. The maximum absolute atomic E-state index is 4.38. The molecule has 21 heavy (non-hydrogen) atoms. The Morgan fingerprint density at radius 1 is 1.24 bits per heavy atom. The van der Waals surface area contributed by atoms with E-state index in [1.165, 1.54) is 42.3 Å². The van der Waals surface area contributed by atoms with E-state index in [0.29, 0.717) is 0 Å². The zero-order valence-corrected chi connectivity index (χ0v) is 12.3. The highest BCUT2D eigenvalue weighted by molar-refractivity contribution is 5.90. The standard InChI is InChI=1S/C18H21N3/c1-2-5-14(4-1)13-21-10-7-15(8-11-21)17-12-20-18-16(17)6-3-9-19-18/h3-4,6-7,9,12H,1-2,5,8,10-11,13H2,(H,19,20). The molecule has 2 aromatic heterocycles. The number of fused-ring (bicyclic) bond motifs is 1. The van der Waals surface area contributed by atoms with Crippen molar-refractivity contribution in [1.82, 2.24) is 14.9 Å². The van der Waals surface area contributed by atoms with E-state index in [1.807, 2.05) is 12.3 Å². The molecule has 1 aliphatic heterocycles. The Morgan fingerprint density at radius 3 is 3.05 bits per heavy atom. The number of aromatic amines is 1. The molecule has 1 N–H and O–H groups in total. The summed E-state index contributed by atoms with van der Waals surface area (Å²) in [5, 5.41) is 1.25.